The number of aryl methyl sites for hydroxylation is 3. The second-order valence-electron chi connectivity index (χ2n) is 6.10. The molecule has 0 aliphatic heterocycles. The standard InChI is InChI=1S/C18H21N3O3S/c1-13-10-14(2)18(15(3)11-13)25(22,23)20-12-16(17-6-4-9-24-17)21-8-5-7-19-21/h4-11,16,20H,12H2,1-3H3. The Balaban J connectivity index is 1.88. The molecule has 132 valence electrons. The van der Waals surface area contributed by atoms with Gasteiger partial charge in [0.25, 0.3) is 0 Å². The quantitative estimate of drug-likeness (QED) is 0.734. The highest BCUT2D eigenvalue weighted by Gasteiger charge is 2.24. The van der Waals surface area contributed by atoms with Crippen molar-refractivity contribution < 1.29 is 12.8 Å². The Hall–Kier alpha value is -2.38. The van der Waals surface area contributed by atoms with Gasteiger partial charge in [0.05, 0.1) is 11.2 Å². The van der Waals surface area contributed by atoms with E-state index in [1.807, 2.05) is 39.0 Å². The fraction of sp³-hybridized carbons (Fsp3) is 0.278. The Morgan fingerprint density at radius 2 is 1.92 bits per heavy atom. The van der Waals surface area contributed by atoms with Gasteiger partial charge in [0.15, 0.2) is 0 Å². The van der Waals surface area contributed by atoms with Gasteiger partial charge in [-0.2, -0.15) is 5.10 Å². The van der Waals surface area contributed by atoms with Crippen molar-refractivity contribution in [1.29, 1.82) is 0 Å². The summed E-state index contributed by atoms with van der Waals surface area (Å²) in [5, 5.41) is 4.21. The molecule has 6 nitrogen and oxygen atoms in total. The molecule has 3 rings (SSSR count). The van der Waals surface area contributed by atoms with Crippen LogP contribution < -0.4 is 4.72 Å². The summed E-state index contributed by atoms with van der Waals surface area (Å²) in [4.78, 5) is 0.330. The van der Waals surface area contributed by atoms with Gasteiger partial charge in [0, 0.05) is 18.9 Å². The first-order chi connectivity index (χ1) is 11.9. The van der Waals surface area contributed by atoms with Crippen LogP contribution in [-0.4, -0.2) is 24.7 Å². The molecule has 2 aromatic heterocycles. The summed E-state index contributed by atoms with van der Waals surface area (Å²) < 4.78 is 35.6. The number of nitrogens with zero attached hydrogens (tertiary/aromatic N) is 2. The highest BCUT2D eigenvalue weighted by Crippen LogP contribution is 2.23. The molecule has 0 aliphatic rings. The van der Waals surface area contributed by atoms with E-state index in [0.29, 0.717) is 10.7 Å². The normalized spacial score (nSPS) is 13.1. The van der Waals surface area contributed by atoms with Crippen molar-refractivity contribution in [3.05, 3.63) is 71.4 Å². The zero-order valence-electron chi connectivity index (χ0n) is 14.4. The predicted octanol–water partition coefficient (Wildman–Crippen LogP) is 2.97. The highest BCUT2D eigenvalue weighted by atomic mass is 32.2. The average molecular weight is 359 g/mol. The molecule has 0 radical (unpaired) electrons. The largest absolute Gasteiger partial charge is 0.467 e. The molecule has 0 amide bonds. The molecule has 0 fully saturated rings. The van der Waals surface area contributed by atoms with E-state index in [4.69, 9.17) is 4.42 Å². The smallest absolute Gasteiger partial charge is 0.241 e. The van der Waals surface area contributed by atoms with Crippen molar-refractivity contribution in [1.82, 2.24) is 14.5 Å². The van der Waals surface area contributed by atoms with Crippen LogP contribution in [0.15, 0.2) is 58.3 Å². The van der Waals surface area contributed by atoms with Crippen LogP contribution in [0.2, 0.25) is 0 Å². The van der Waals surface area contributed by atoms with Crippen molar-refractivity contribution in [2.75, 3.05) is 6.54 Å². The summed E-state index contributed by atoms with van der Waals surface area (Å²) >= 11 is 0. The number of nitrogens with one attached hydrogen (secondary N) is 1. The lowest BCUT2D eigenvalue weighted by Gasteiger charge is -2.18. The number of aromatic nitrogens is 2. The van der Waals surface area contributed by atoms with Crippen LogP contribution in [0.3, 0.4) is 0 Å². The van der Waals surface area contributed by atoms with Gasteiger partial charge in [-0.05, 0) is 50.1 Å². The molecule has 2 heterocycles. The van der Waals surface area contributed by atoms with Crippen molar-refractivity contribution in [2.24, 2.45) is 0 Å². The summed E-state index contributed by atoms with van der Waals surface area (Å²) in [5.41, 5.74) is 2.51. The molecule has 0 spiro atoms. The van der Waals surface area contributed by atoms with Gasteiger partial charge in [0.2, 0.25) is 10.0 Å². The van der Waals surface area contributed by atoms with Gasteiger partial charge in [-0.3, -0.25) is 4.68 Å². The Morgan fingerprint density at radius 3 is 2.48 bits per heavy atom. The summed E-state index contributed by atoms with van der Waals surface area (Å²) in [6, 6.07) is 8.76. The van der Waals surface area contributed by atoms with E-state index in [-0.39, 0.29) is 12.6 Å². The van der Waals surface area contributed by atoms with E-state index in [9.17, 15) is 8.42 Å². The summed E-state index contributed by atoms with van der Waals surface area (Å²) in [6.45, 7) is 5.72. The Labute approximate surface area is 147 Å². The Bertz CT molecular complexity index is 888. The third-order valence-corrected chi connectivity index (χ3v) is 5.78. The summed E-state index contributed by atoms with van der Waals surface area (Å²) in [5.74, 6) is 0.642. The van der Waals surface area contributed by atoms with E-state index in [1.54, 1.807) is 35.5 Å². The van der Waals surface area contributed by atoms with E-state index >= 15 is 0 Å². The zero-order valence-corrected chi connectivity index (χ0v) is 15.2. The second-order valence-corrected chi connectivity index (χ2v) is 7.80. The van der Waals surface area contributed by atoms with Gasteiger partial charge < -0.3 is 4.42 Å². The van der Waals surface area contributed by atoms with Crippen LogP contribution in [-0.2, 0) is 10.0 Å². The lowest BCUT2D eigenvalue weighted by Crippen LogP contribution is -2.32. The minimum absolute atomic E-state index is 0.143. The van der Waals surface area contributed by atoms with Crippen molar-refractivity contribution in [3.8, 4) is 0 Å². The number of benzene rings is 1. The molecule has 1 N–H and O–H groups in total. The van der Waals surface area contributed by atoms with E-state index in [0.717, 1.165) is 16.7 Å². The minimum Gasteiger partial charge on any atom is -0.467 e. The maximum absolute atomic E-state index is 12.9. The van der Waals surface area contributed by atoms with Gasteiger partial charge in [-0.25, -0.2) is 13.1 Å². The maximum atomic E-state index is 12.9. The van der Waals surface area contributed by atoms with Gasteiger partial charge >= 0.3 is 0 Å². The molecule has 1 unspecified atom stereocenters. The van der Waals surface area contributed by atoms with Crippen molar-refractivity contribution >= 4 is 10.0 Å². The topological polar surface area (TPSA) is 77.1 Å². The molecule has 1 atom stereocenters. The number of rotatable bonds is 6. The lowest BCUT2D eigenvalue weighted by molar-refractivity contribution is 0.402. The van der Waals surface area contributed by atoms with Gasteiger partial charge in [0.1, 0.15) is 11.8 Å². The molecule has 0 saturated carbocycles. The van der Waals surface area contributed by atoms with Crippen LogP contribution in [0.5, 0.6) is 0 Å². The van der Waals surface area contributed by atoms with E-state index < -0.39 is 10.0 Å². The van der Waals surface area contributed by atoms with Crippen molar-refractivity contribution in [3.63, 3.8) is 0 Å². The fourth-order valence-electron chi connectivity index (χ4n) is 3.12. The average Bonchev–Trinajstić information content (AvgIpc) is 3.19. The number of sulfonamides is 1. The maximum Gasteiger partial charge on any atom is 0.241 e. The van der Waals surface area contributed by atoms with Crippen LogP contribution >= 0.6 is 0 Å². The number of hydrogen-bond donors (Lipinski definition) is 1. The summed E-state index contributed by atoms with van der Waals surface area (Å²) in [7, 11) is -3.65. The van der Waals surface area contributed by atoms with Crippen LogP contribution in [0.1, 0.15) is 28.5 Å². The highest BCUT2D eigenvalue weighted by molar-refractivity contribution is 7.89. The van der Waals surface area contributed by atoms with Crippen LogP contribution in [0, 0.1) is 20.8 Å². The molecule has 0 aliphatic carbocycles. The molecule has 25 heavy (non-hydrogen) atoms. The van der Waals surface area contributed by atoms with Crippen LogP contribution in [0.25, 0.3) is 0 Å². The first-order valence-electron chi connectivity index (χ1n) is 7.98. The lowest BCUT2D eigenvalue weighted by atomic mass is 10.1. The first kappa shape index (κ1) is 17.4. The molecule has 1 aromatic carbocycles. The zero-order chi connectivity index (χ0) is 18.0. The third kappa shape index (κ3) is 3.67. The number of hydrogen-bond acceptors (Lipinski definition) is 4. The van der Waals surface area contributed by atoms with Gasteiger partial charge in [-0.15, -0.1) is 0 Å². The monoisotopic (exact) mass is 359 g/mol. The second kappa shape index (κ2) is 6.85. The SMILES string of the molecule is Cc1cc(C)c(S(=O)(=O)NCC(c2ccco2)n2cccn2)c(C)c1. The fourth-order valence-corrected chi connectivity index (χ4v) is 4.61. The summed E-state index contributed by atoms with van der Waals surface area (Å²) in [6.07, 6.45) is 5.00. The predicted molar refractivity (Wildman–Crippen MR) is 94.9 cm³/mol. The molecular weight excluding hydrogens is 338 g/mol. The Morgan fingerprint density at radius 1 is 1.20 bits per heavy atom. The molecule has 0 bridgehead atoms. The van der Waals surface area contributed by atoms with Crippen molar-refractivity contribution in [2.45, 2.75) is 31.7 Å². The third-order valence-electron chi connectivity index (χ3n) is 4.06. The van der Waals surface area contributed by atoms with E-state index in [2.05, 4.69) is 9.82 Å². The molecule has 0 saturated heterocycles. The number of furan rings is 1. The molecular formula is C18H21N3O3S. The van der Waals surface area contributed by atoms with Gasteiger partial charge in [-0.1, -0.05) is 17.7 Å². The van der Waals surface area contributed by atoms with Crippen LogP contribution in [0.4, 0.5) is 0 Å². The minimum atomic E-state index is -3.65. The molecule has 3 aromatic rings. The van der Waals surface area contributed by atoms with E-state index in [1.165, 1.54) is 0 Å². The Kier molecular flexibility index (Phi) is 4.78. The molecule has 7 heteroatoms. The first-order valence-corrected chi connectivity index (χ1v) is 9.47.